The SMILES string of the molecule is Cc1cccc(NC(=O)COC(=O)[C@@H]2[C@@H]3C[C@H]4[C@@H]2C(=O)O[C@@H]4C3)c1C. The molecule has 1 amide bonds. The third-order valence-corrected chi connectivity index (χ3v) is 5.98. The van der Waals surface area contributed by atoms with Crippen LogP contribution in [0.5, 0.6) is 0 Å². The van der Waals surface area contributed by atoms with Crippen LogP contribution in [0.25, 0.3) is 0 Å². The summed E-state index contributed by atoms with van der Waals surface area (Å²) in [7, 11) is 0. The second-order valence-corrected chi connectivity index (χ2v) is 7.33. The third kappa shape index (κ3) is 2.60. The van der Waals surface area contributed by atoms with Crippen molar-refractivity contribution in [2.24, 2.45) is 23.7 Å². The van der Waals surface area contributed by atoms with Gasteiger partial charge in [-0.05, 0) is 49.8 Å². The van der Waals surface area contributed by atoms with Crippen LogP contribution in [0.4, 0.5) is 5.69 Å². The molecule has 0 aromatic heterocycles. The van der Waals surface area contributed by atoms with E-state index in [0.29, 0.717) is 5.69 Å². The van der Waals surface area contributed by atoms with E-state index in [1.807, 2.05) is 32.0 Å². The summed E-state index contributed by atoms with van der Waals surface area (Å²) in [4.78, 5) is 36.5. The first-order valence-electron chi connectivity index (χ1n) is 8.69. The lowest BCUT2D eigenvalue weighted by atomic mass is 9.80. The fraction of sp³-hybridized carbons (Fsp3) is 0.526. The molecule has 1 aliphatic heterocycles. The van der Waals surface area contributed by atoms with E-state index in [4.69, 9.17) is 9.47 Å². The molecule has 1 N–H and O–H groups in total. The zero-order valence-electron chi connectivity index (χ0n) is 14.3. The molecule has 0 unspecified atom stereocenters. The third-order valence-electron chi connectivity index (χ3n) is 5.98. The zero-order valence-corrected chi connectivity index (χ0v) is 14.3. The summed E-state index contributed by atoms with van der Waals surface area (Å²) in [6.45, 7) is 3.55. The Bertz CT molecular complexity index is 756. The van der Waals surface area contributed by atoms with Crippen LogP contribution in [-0.2, 0) is 23.9 Å². The molecule has 6 nitrogen and oxygen atoms in total. The zero-order chi connectivity index (χ0) is 17.7. The van der Waals surface area contributed by atoms with Crippen molar-refractivity contribution in [3.8, 4) is 0 Å². The van der Waals surface area contributed by atoms with Gasteiger partial charge in [0.25, 0.3) is 5.91 Å². The normalized spacial score (nSPS) is 31.8. The number of ether oxygens (including phenoxy) is 2. The van der Waals surface area contributed by atoms with Gasteiger partial charge in [-0.2, -0.15) is 0 Å². The van der Waals surface area contributed by atoms with E-state index >= 15 is 0 Å². The van der Waals surface area contributed by atoms with Crippen LogP contribution in [0, 0.1) is 37.5 Å². The van der Waals surface area contributed by atoms with E-state index in [0.717, 1.165) is 24.0 Å². The van der Waals surface area contributed by atoms with Crippen molar-refractivity contribution in [3.63, 3.8) is 0 Å². The first kappa shape index (κ1) is 16.1. The van der Waals surface area contributed by atoms with Gasteiger partial charge in [0.1, 0.15) is 6.10 Å². The molecule has 6 heteroatoms. The highest BCUT2D eigenvalue weighted by molar-refractivity contribution is 5.94. The van der Waals surface area contributed by atoms with E-state index in [2.05, 4.69) is 5.32 Å². The Labute approximate surface area is 145 Å². The Morgan fingerprint density at radius 3 is 2.88 bits per heavy atom. The number of carbonyl (C=O) groups is 3. The highest BCUT2D eigenvalue weighted by Crippen LogP contribution is 2.57. The van der Waals surface area contributed by atoms with Crippen molar-refractivity contribution in [3.05, 3.63) is 29.3 Å². The maximum absolute atomic E-state index is 12.4. The van der Waals surface area contributed by atoms with E-state index in [-0.39, 0.29) is 42.3 Å². The van der Waals surface area contributed by atoms with Gasteiger partial charge in [0.15, 0.2) is 6.61 Å². The van der Waals surface area contributed by atoms with Crippen LogP contribution in [0.15, 0.2) is 18.2 Å². The predicted octanol–water partition coefficient (Wildman–Crippen LogP) is 1.98. The Morgan fingerprint density at radius 1 is 1.28 bits per heavy atom. The Balaban J connectivity index is 1.35. The number of fused-ring (bicyclic) bond motifs is 1. The minimum Gasteiger partial charge on any atom is -0.462 e. The smallest absolute Gasteiger partial charge is 0.310 e. The standard InChI is InChI=1S/C19H21NO5/c1-9-4-3-5-13(10(9)2)20-15(21)8-24-18(22)16-11-6-12-14(7-11)25-19(23)17(12)16/h3-5,11-12,14,16-17H,6-8H2,1-2H3,(H,20,21)/t11-,12-,14-,16-,17+/m1/s1. The number of hydrogen-bond acceptors (Lipinski definition) is 5. The number of nitrogens with one attached hydrogen (secondary N) is 1. The largest absolute Gasteiger partial charge is 0.462 e. The molecular weight excluding hydrogens is 322 g/mol. The van der Waals surface area contributed by atoms with Crippen molar-refractivity contribution >= 4 is 23.5 Å². The summed E-state index contributed by atoms with van der Waals surface area (Å²) in [5.74, 6) is -1.65. The van der Waals surface area contributed by atoms with Gasteiger partial charge < -0.3 is 14.8 Å². The first-order valence-corrected chi connectivity index (χ1v) is 8.69. The van der Waals surface area contributed by atoms with Crippen molar-refractivity contribution in [1.29, 1.82) is 0 Å². The van der Waals surface area contributed by atoms with Gasteiger partial charge in [-0.25, -0.2) is 0 Å². The van der Waals surface area contributed by atoms with Gasteiger partial charge in [-0.15, -0.1) is 0 Å². The lowest BCUT2D eigenvalue weighted by Gasteiger charge is -2.22. The average Bonchev–Trinajstić information content (AvgIpc) is 3.19. The summed E-state index contributed by atoms with van der Waals surface area (Å²) in [5, 5.41) is 2.77. The molecule has 2 bridgehead atoms. The summed E-state index contributed by atoms with van der Waals surface area (Å²) < 4.78 is 10.5. The highest BCUT2D eigenvalue weighted by Gasteiger charge is 2.64. The van der Waals surface area contributed by atoms with Crippen molar-refractivity contribution in [2.75, 3.05) is 11.9 Å². The molecule has 0 radical (unpaired) electrons. The van der Waals surface area contributed by atoms with Gasteiger partial charge >= 0.3 is 11.9 Å². The van der Waals surface area contributed by atoms with Crippen LogP contribution in [0.1, 0.15) is 24.0 Å². The van der Waals surface area contributed by atoms with Crippen LogP contribution in [-0.4, -0.2) is 30.6 Å². The maximum atomic E-state index is 12.4. The van der Waals surface area contributed by atoms with Gasteiger partial charge in [-0.3, -0.25) is 14.4 Å². The number of rotatable bonds is 4. The number of benzene rings is 1. The Kier molecular flexibility index (Phi) is 3.78. The average molecular weight is 343 g/mol. The summed E-state index contributed by atoms with van der Waals surface area (Å²) in [5.41, 5.74) is 2.77. The molecule has 2 saturated carbocycles. The van der Waals surface area contributed by atoms with Crippen molar-refractivity contribution in [2.45, 2.75) is 32.8 Å². The van der Waals surface area contributed by atoms with Crippen LogP contribution < -0.4 is 5.32 Å². The molecule has 3 fully saturated rings. The molecule has 5 atom stereocenters. The fourth-order valence-corrected chi connectivity index (χ4v) is 4.63. The van der Waals surface area contributed by atoms with Crippen LogP contribution in [0.2, 0.25) is 0 Å². The molecule has 4 rings (SSSR count). The molecule has 1 aromatic rings. The molecule has 25 heavy (non-hydrogen) atoms. The van der Waals surface area contributed by atoms with Gasteiger partial charge in [-0.1, -0.05) is 12.1 Å². The first-order chi connectivity index (χ1) is 12.0. The second kappa shape index (κ2) is 5.86. The molecule has 132 valence electrons. The van der Waals surface area contributed by atoms with E-state index in [1.165, 1.54) is 0 Å². The van der Waals surface area contributed by atoms with E-state index < -0.39 is 11.9 Å². The highest BCUT2D eigenvalue weighted by atomic mass is 16.6. The van der Waals surface area contributed by atoms with Crippen LogP contribution in [0.3, 0.4) is 0 Å². The molecule has 3 aliphatic rings. The summed E-state index contributed by atoms with van der Waals surface area (Å²) >= 11 is 0. The molecule has 1 aromatic carbocycles. The molecular formula is C19H21NO5. The lowest BCUT2D eigenvalue weighted by Crippen LogP contribution is -2.35. The number of amides is 1. The number of aryl methyl sites for hydroxylation is 1. The molecule has 0 spiro atoms. The predicted molar refractivity (Wildman–Crippen MR) is 88.6 cm³/mol. The lowest BCUT2D eigenvalue weighted by molar-refractivity contribution is -0.157. The Morgan fingerprint density at radius 2 is 2.08 bits per heavy atom. The second-order valence-electron chi connectivity index (χ2n) is 7.33. The number of carbonyl (C=O) groups excluding carboxylic acids is 3. The van der Waals surface area contributed by atoms with E-state index in [9.17, 15) is 14.4 Å². The quantitative estimate of drug-likeness (QED) is 0.846. The van der Waals surface area contributed by atoms with Crippen molar-refractivity contribution in [1.82, 2.24) is 0 Å². The topological polar surface area (TPSA) is 81.7 Å². The van der Waals surface area contributed by atoms with Crippen LogP contribution >= 0.6 is 0 Å². The molecule has 1 saturated heterocycles. The summed E-state index contributed by atoms with van der Waals surface area (Å²) in [6, 6.07) is 5.64. The monoisotopic (exact) mass is 343 g/mol. The van der Waals surface area contributed by atoms with Crippen molar-refractivity contribution < 1.29 is 23.9 Å². The fourth-order valence-electron chi connectivity index (χ4n) is 4.63. The number of esters is 2. The summed E-state index contributed by atoms with van der Waals surface area (Å²) in [6.07, 6.45) is 1.57. The molecule has 2 aliphatic carbocycles. The minimum absolute atomic E-state index is 0.0147. The van der Waals surface area contributed by atoms with E-state index in [1.54, 1.807) is 0 Å². The Hall–Kier alpha value is -2.37. The molecule has 1 heterocycles. The maximum Gasteiger partial charge on any atom is 0.310 e. The van der Waals surface area contributed by atoms with Gasteiger partial charge in [0.05, 0.1) is 11.8 Å². The minimum atomic E-state index is -0.454. The van der Waals surface area contributed by atoms with Gasteiger partial charge in [0, 0.05) is 11.6 Å². The van der Waals surface area contributed by atoms with Gasteiger partial charge in [0.2, 0.25) is 0 Å². The number of anilines is 1. The number of hydrogen-bond donors (Lipinski definition) is 1.